The average Bonchev–Trinajstić information content (AvgIpc) is 4.08. The van der Waals surface area contributed by atoms with E-state index in [4.69, 9.17) is 23.4 Å². The SMILES string of the molecule is CCCCCCCOc1ccc(C(=O)OCC)cc1.CCOC(=O)c1ccc(OCCCCCCN(c2cc3oc(-c4ccc(F)cc4)c(C(=O)NC)c3cc2C2CC2)S(C)(=O)=O)cc1. The molecule has 1 heterocycles. The van der Waals surface area contributed by atoms with Crippen molar-refractivity contribution in [3.8, 4) is 22.8 Å². The van der Waals surface area contributed by atoms with Crippen LogP contribution in [0.5, 0.6) is 11.5 Å². The number of nitrogens with one attached hydrogen (secondary N) is 1. The Balaban J connectivity index is 0.000000350. The fourth-order valence-electron chi connectivity index (χ4n) is 7.31. The molecule has 350 valence electrons. The van der Waals surface area contributed by atoms with Crippen LogP contribution in [-0.4, -0.2) is 72.5 Å². The molecule has 0 atom stereocenters. The number of carbonyl (C=O) groups is 3. The molecule has 5 aromatic rings. The molecule has 65 heavy (non-hydrogen) atoms. The number of furan rings is 1. The summed E-state index contributed by atoms with van der Waals surface area (Å²) in [5.41, 5.74) is 3.74. The standard InChI is InChI=1S/C35H39FN2O7S.C16H24O3/c1-4-43-35(40)25-13-17-27(18-14-25)44-20-8-6-5-7-19-38(46(3,41)42)30-22-31-29(21-28(30)23-9-10-23)32(34(39)37-2)33(45-31)24-11-15-26(36)16-12-24;1-3-5-6-7-8-13-19-15-11-9-14(10-12-15)16(17)18-4-2/h11-18,21-23H,4-10,19-20H2,1-3H3,(H,37,39);9-12H,3-8,13H2,1-2H3. The molecule has 1 fully saturated rings. The van der Waals surface area contributed by atoms with Gasteiger partial charge in [0.2, 0.25) is 10.0 Å². The average molecular weight is 915 g/mol. The third kappa shape index (κ3) is 14.8. The summed E-state index contributed by atoms with van der Waals surface area (Å²) < 4.78 is 68.9. The van der Waals surface area contributed by atoms with Crippen LogP contribution in [0.3, 0.4) is 0 Å². The van der Waals surface area contributed by atoms with E-state index < -0.39 is 15.8 Å². The molecule has 1 amide bonds. The predicted octanol–water partition coefficient (Wildman–Crippen LogP) is 11.3. The molecular formula is C51H63FN2O10S. The van der Waals surface area contributed by atoms with Crippen LogP contribution in [0.15, 0.2) is 89.3 Å². The number of hydrogen-bond acceptors (Lipinski definition) is 10. The minimum absolute atomic E-state index is 0.189. The number of rotatable bonds is 24. The van der Waals surface area contributed by atoms with Crippen LogP contribution in [0.25, 0.3) is 22.3 Å². The molecule has 1 aromatic heterocycles. The van der Waals surface area contributed by atoms with Crippen molar-refractivity contribution in [1.82, 2.24) is 5.32 Å². The first-order valence-electron chi connectivity index (χ1n) is 22.7. The van der Waals surface area contributed by atoms with Crippen molar-refractivity contribution < 1.29 is 50.6 Å². The number of nitrogens with zero attached hydrogens (tertiary/aromatic N) is 1. The van der Waals surface area contributed by atoms with Crippen LogP contribution < -0.4 is 19.1 Å². The number of hydrogen-bond donors (Lipinski definition) is 1. The highest BCUT2D eigenvalue weighted by molar-refractivity contribution is 7.92. The summed E-state index contributed by atoms with van der Waals surface area (Å²) >= 11 is 0. The molecule has 1 saturated carbocycles. The third-order valence-corrected chi connectivity index (χ3v) is 12.0. The molecule has 1 N–H and O–H groups in total. The zero-order valence-electron chi connectivity index (χ0n) is 38.3. The first-order valence-corrected chi connectivity index (χ1v) is 24.6. The summed E-state index contributed by atoms with van der Waals surface area (Å²) in [7, 11) is -2.09. The Bertz CT molecular complexity index is 2410. The molecule has 4 aromatic carbocycles. The quantitative estimate of drug-likeness (QED) is 0.0468. The molecule has 0 unspecified atom stereocenters. The fraction of sp³-hybridized carbons (Fsp3) is 0.431. The summed E-state index contributed by atoms with van der Waals surface area (Å²) in [6.07, 6.45) is 12.3. The summed E-state index contributed by atoms with van der Waals surface area (Å²) in [6, 6.07) is 23.3. The lowest BCUT2D eigenvalue weighted by Crippen LogP contribution is -2.31. The minimum Gasteiger partial charge on any atom is -0.494 e. The number of carbonyl (C=O) groups excluding carboxylic acids is 3. The number of amides is 1. The van der Waals surface area contributed by atoms with E-state index in [1.54, 1.807) is 68.4 Å². The number of sulfonamides is 1. The highest BCUT2D eigenvalue weighted by atomic mass is 32.2. The lowest BCUT2D eigenvalue weighted by molar-refractivity contribution is 0.0516. The van der Waals surface area contributed by atoms with E-state index in [0.29, 0.717) is 83.2 Å². The highest BCUT2D eigenvalue weighted by Crippen LogP contribution is 2.48. The van der Waals surface area contributed by atoms with Crippen molar-refractivity contribution in [3.05, 3.63) is 113 Å². The number of esters is 2. The van der Waals surface area contributed by atoms with Crippen molar-refractivity contribution in [2.75, 3.05) is 50.6 Å². The molecule has 6 rings (SSSR count). The number of anilines is 1. The second-order valence-electron chi connectivity index (χ2n) is 15.9. The highest BCUT2D eigenvalue weighted by Gasteiger charge is 2.33. The Morgan fingerprint density at radius 1 is 0.723 bits per heavy atom. The van der Waals surface area contributed by atoms with Gasteiger partial charge in [-0.05, 0) is 136 Å². The van der Waals surface area contributed by atoms with E-state index in [2.05, 4.69) is 12.2 Å². The maximum atomic E-state index is 13.7. The van der Waals surface area contributed by atoms with Gasteiger partial charge in [-0.3, -0.25) is 9.10 Å². The topological polar surface area (TPSA) is 151 Å². The van der Waals surface area contributed by atoms with Gasteiger partial charge in [0.05, 0.1) is 55.1 Å². The van der Waals surface area contributed by atoms with Crippen molar-refractivity contribution in [3.63, 3.8) is 0 Å². The van der Waals surface area contributed by atoms with Gasteiger partial charge in [0, 0.05) is 30.6 Å². The Kier molecular flexibility index (Phi) is 19.3. The van der Waals surface area contributed by atoms with Gasteiger partial charge >= 0.3 is 11.9 Å². The summed E-state index contributed by atoms with van der Waals surface area (Å²) in [6.45, 7) is 8.03. The Labute approximate surface area is 382 Å². The van der Waals surface area contributed by atoms with E-state index in [1.165, 1.54) is 55.4 Å². The molecular weight excluding hydrogens is 852 g/mol. The van der Waals surface area contributed by atoms with Crippen LogP contribution in [-0.2, 0) is 19.5 Å². The molecule has 14 heteroatoms. The number of benzene rings is 4. The normalized spacial score (nSPS) is 12.2. The predicted molar refractivity (Wildman–Crippen MR) is 252 cm³/mol. The van der Waals surface area contributed by atoms with Crippen LogP contribution >= 0.6 is 0 Å². The van der Waals surface area contributed by atoms with Gasteiger partial charge in [-0.1, -0.05) is 45.4 Å². The smallest absolute Gasteiger partial charge is 0.338 e. The minimum atomic E-state index is -3.63. The molecule has 0 saturated heterocycles. The number of unbranched alkanes of at least 4 members (excludes halogenated alkanes) is 7. The molecule has 0 bridgehead atoms. The van der Waals surface area contributed by atoms with E-state index in [-0.39, 0.29) is 23.8 Å². The monoisotopic (exact) mass is 914 g/mol. The zero-order chi connectivity index (χ0) is 46.8. The van der Waals surface area contributed by atoms with E-state index in [1.807, 2.05) is 18.2 Å². The van der Waals surface area contributed by atoms with Crippen LogP contribution in [0, 0.1) is 5.82 Å². The first kappa shape index (κ1) is 50.1. The largest absolute Gasteiger partial charge is 0.494 e. The zero-order valence-corrected chi connectivity index (χ0v) is 39.1. The molecule has 0 aliphatic heterocycles. The van der Waals surface area contributed by atoms with Gasteiger partial charge in [-0.25, -0.2) is 22.4 Å². The van der Waals surface area contributed by atoms with Gasteiger partial charge in [0.25, 0.3) is 5.91 Å². The van der Waals surface area contributed by atoms with Crippen LogP contribution in [0.4, 0.5) is 10.1 Å². The van der Waals surface area contributed by atoms with Gasteiger partial charge in [0.1, 0.15) is 28.7 Å². The first-order chi connectivity index (χ1) is 31.4. The molecule has 0 radical (unpaired) electrons. The van der Waals surface area contributed by atoms with Gasteiger partial charge in [-0.15, -0.1) is 0 Å². The fourth-order valence-corrected chi connectivity index (χ4v) is 8.28. The summed E-state index contributed by atoms with van der Waals surface area (Å²) in [5.74, 6) is 0.568. The Morgan fingerprint density at radius 3 is 1.72 bits per heavy atom. The number of ether oxygens (including phenoxy) is 4. The van der Waals surface area contributed by atoms with Gasteiger partial charge in [0.15, 0.2) is 0 Å². The second-order valence-corrected chi connectivity index (χ2v) is 17.8. The number of fused-ring (bicyclic) bond motifs is 1. The lowest BCUT2D eigenvalue weighted by Gasteiger charge is -2.25. The van der Waals surface area contributed by atoms with Crippen molar-refractivity contribution in [2.24, 2.45) is 0 Å². The molecule has 12 nitrogen and oxygen atoms in total. The van der Waals surface area contributed by atoms with E-state index in [9.17, 15) is 27.2 Å². The van der Waals surface area contributed by atoms with Crippen molar-refractivity contribution in [2.45, 2.75) is 97.3 Å². The molecule has 0 spiro atoms. The Hall–Kier alpha value is -5.89. The summed E-state index contributed by atoms with van der Waals surface area (Å²) in [5, 5.41) is 3.26. The maximum Gasteiger partial charge on any atom is 0.338 e. The molecule has 1 aliphatic rings. The number of halogens is 1. The van der Waals surface area contributed by atoms with Crippen molar-refractivity contribution >= 4 is 44.5 Å². The van der Waals surface area contributed by atoms with Crippen LogP contribution in [0.2, 0.25) is 0 Å². The van der Waals surface area contributed by atoms with Crippen LogP contribution in [0.1, 0.15) is 134 Å². The third-order valence-electron chi connectivity index (χ3n) is 10.9. The van der Waals surface area contributed by atoms with Gasteiger partial charge in [-0.2, -0.15) is 0 Å². The summed E-state index contributed by atoms with van der Waals surface area (Å²) in [4.78, 5) is 36.3. The maximum absolute atomic E-state index is 13.7. The van der Waals surface area contributed by atoms with E-state index >= 15 is 0 Å². The van der Waals surface area contributed by atoms with E-state index in [0.717, 1.165) is 56.4 Å². The second kappa shape index (κ2) is 25.0. The Morgan fingerprint density at radius 2 is 1.25 bits per heavy atom. The molecule has 1 aliphatic carbocycles. The lowest BCUT2D eigenvalue weighted by atomic mass is 10.0. The van der Waals surface area contributed by atoms with Gasteiger partial charge < -0.3 is 28.7 Å². The van der Waals surface area contributed by atoms with Crippen molar-refractivity contribution in [1.29, 1.82) is 0 Å².